The van der Waals surface area contributed by atoms with Crippen molar-refractivity contribution in [2.45, 2.75) is 69.9 Å². The van der Waals surface area contributed by atoms with Crippen molar-refractivity contribution in [3.05, 3.63) is 60.2 Å². The highest BCUT2D eigenvalue weighted by molar-refractivity contribution is 5.89. The molecule has 0 bridgehead atoms. The number of piperidine rings is 1. The number of methoxy groups -OCH3 is 1. The number of ether oxygens (including phenoxy) is 2. The third-order valence-electron chi connectivity index (χ3n) is 5.99. The van der Waals surface area contributed by atoms with Gasteiger partial charge in [0.15, 0.2) is 0 Å². The molecule has 32 heavy (non-hydrogen) atoms. The topological polar surface area (TPSA) is 76.1 Å². The summed E-state index contributed by atoms with van der Waals surface area (Å²) in [6.07, 6.45) is 11.5. The number of amides is 1. The normalized spacial score (nSPS) is 18.2. The Bertz CT molecular complexity index is 775. The summed E-state index contributed by atoms with van der Waals surface area (Å²) in [5.74, 6) is -0.411. The molecule has 0 spiro atoms. The number of likely N-dealkylation sites (tertiary alicyclic amines) is 1. The average Bonchev–Trinajstić information content (AvgIpc) is 2.80. The van der Waals surface area contributed by atoms with Gasteiger partial charge in [-0.1, -0.05) is 37.5 Å². The van der Waals surface area contributed by atoms with Crippen molar-refractivity contribution >= 4 is 12.1 Å². The molecular formula is C26H37NO5. The first-order valence-electron chi connectivity index (χ1n) is 11.6. The molecular weight excluding hydrogens is 406 g/mol. The lowest BCUT2D eigenvalue weighted by atomic mass is 9.88. The molecule has 2 atom stereocenters. The van der Waals surface area contributed by atoms with Crippen LogP contribution in [0.5, 0.6) is 0 Å². The molecule has 1 aromatic rings. The van der Waals surface area contributed by atoms with Gasteiger partial charge in [-0.2, -0.15) is 0 Å². The van der Waals surface area contributed by atoms with Crippen molar-refractivity contribution in [2.75, 3.05) is 20.3 Å². The van der Waals surface area contributed by atoms with Gasteiger partial charge < -0.3 is 19.5 Å². The van der Waals surface area contributed by atoms with Crippen LogP contribution >= 0.6 is 0 Å². The van der Waals surface area contributed by atoms with Crippen LogP contribution < -0.4 is 0 Å². The minimum atomic E-state index is -0.936. The first kappa shape index (κ1) is 25.7. The molecule has 0 aliphatic carbocycles. The molecule has 1 saturated heterocycles. The number of nitrogens with zero attached hydrogens (tertiary/aromatic N) is 1. The van der Waals surface area contributed by atoms with Crippen LogP contribution in [0.15, 0.2) is 43.5 Å². The van der Waals surface area contributed by atoms with Gasteiger partial charge in [0, 0.05) is 13.2 Å². The zero-order valence-electron chi connectivity index (χ0n) is 19.3. The summed E-state index contributed by atoms with van der Waals surface area (Å²) in [6.45, 7) is 8.69. The molecule has 2 rings (SSSR count). The SMILES string of the molecule is C=CCCCCCCCOC1CCN(C(=O)O)C(c2ccc(C(=O)OC)cc2CC=C)C1. The van der Waals surface area contributed by atoms with Gasteiger partial charge in [0.05, 0.1) is 24.8 Å². The average molecular weight is 444 g/mol. The van der Waals surface area contributed by atoms with Crippen LogP contribution in [0.1, 0.15) is 78.9 Å². The summed E-state index contributed by atoms with van der Waals surface area (Å²) in [6, 6.07) is 5.01. The van der Waals surface area contributed by atoms with E-state index >= 15 is 0 Å². The lowest BCUT2D eigenvalue weighted by Crippen LogP contribution is -2.43. The molecule has 0 aromatic heterocycles. The Kier molecular flexibility index (Phi) is 11.0. The van der Waals surface area contributed by atoms with Gasteiger partial charge in [0.25, 0.3) is 0 Å². The third-order valence-corrected chi connectivity index (χ3v) is 5.99. The van der Waals surface area contributed by atoms with E-state index in [2.05, 4.69) is 13.2 Å². The number of benzene rings is 1. The minimum Gasteiger partial charge on any atom is -0.465 e. The summed E-state index contributed by atoms with van der Waals surface area (Å²) in [5.41, 5.74) is 2.24. The molecule has 1 heterocycles. The highest BCUT2D eigenvalue weighted by Gasteiger charge is 2.34. The number of hydrogen-bond donors (Lipinski definition) is 1. The van der Waals surface area contributed by atoms with Crippen LogP contribution in [0.4, 0.5) is 4.79 Å². The molecule has 6 nitrogen and oxygen atoms in total. The number of rotatable bonds is 13. The van der Waals surface area contributed by atoms with Crippen LogP contribution in [0.2, 0.25) is 0 Å². The second-order valence-corrected chi connectivity index (χ2v) is 8.25. The van der Waals surface area contributed by atoms with E-state index in [1.54, 1.807) is 18.2 Å². The van der Waals surface area contributed by atoms with Crippen molar-refractivity contribution in [1.82, 2.24) is 4.90 Å². The van der Waals surface area contributed by atoms with E-state index in [0.29, 0.717) is 38.0 Å². The van der Waals surface area contributed by atoms with E-state index in [9.17, 15) is 14.7 Å². The molecule has 1 amide bonds. The Balaban J connectivity index is 2.04. The Labute approximate surface area is 191 Å². The number of carboxylic acid groups (broad SMARTS) is 1. The van der Waals surface area contributed by atoms with Gasteiger partial charge in [0.1, 0.15) is 0 Å². The quantitative estimate of drug-likeness (QED) is 0.232. The lowest BCUT2D eigenvalue weighted by Gasteiger charge is -2.38. The van der Waals surface area contributed by atoms with Gasteiger partial charge in [-0.3, -0.25) is 0 Å². The van der Waals surface area contributed by atoms with Gasteiger partial charge in [-0.05, 0) is 61.8 Å². The first-order chi connectivity index (χ1) is 15.5. The Morgan fingerprint density at radius 2 is 1.91 bits per heavy atom. The van der Waals surface area contributed by atoms with Crippen molar-refractivity contribution in [1.29, 1.82) is 0 Å². The second-order valence-electron chi connectivity index (χ2n) is 8.25. The Morgan fingerprint density at radius 3 is 2.59 bits per heavy atom. The van der Waals surface area contributed by atoms with Crippen molar-refractivity contribution < 1.29 is 24.2 Å². The van der Waals surface area contributed by atoms with Gasteiger partial charge >= 0.3 is 12.1 Å². The largest absolute Gasteiger partial charge is 0.465 e. The fourth-order valence-corrected chi connectivity index (χ4v) is 4.29. The number of hydrogen-bond acceptors (Lipinski definition) is 4. The van der Waals surface area contributed by atoms with Crippen molar-refractivity contribution in [3.8, 4) is 0 Å². The lowest BCUT2D eigenvalue weighted by molar-refractivity contribution is -0.0127. The van der Waals surface area contributed by atoms with Gasteiger partial charge in [-0.15, -0.1) is 13.2 Å². The fraction of sp³-hybridized carbons (Fsp3) is 0.538. The molecule has 1 fully saturated rings. The number of allylic oxidation sites excluding steroid dienone is 2. The van der Waals surface area contributed by atoms with Crippen molar-refractivity contribution in [2.24, 2.45) is 0 Å². The Hall–Kier alpha value is -2.60. The van der Waals surface area contributed by atoms with E-state index in [4.69, 9.17) is 9.47 Å². The van der Waals surface area contributed by atoms with Gasteiger partial charge in [-0.25, -0.2) is 9.59 Å². The summed E-state index contributed by atoms with van der Waals surface area (Å²) in [4.78, 5) is 25.4. The fourth-order valence-electron chi connectivity index (χ4n) is 4.29. The maximum atomic E-state index is 12.0. The van der Waals surface area contributed by atoms with Crippen LogP contribution in [0.25, 0.3) is 0 Å². The summed E-state index contributed by atoms with van der Waals surface area (Å²) in [5, 5.41) is 9.78. The number of carbonyl (C=O) groups excluding carboxylic acids is 1. The monoisotopic (exact) mass is 443 g/mol. The molecule has 0 saturated carbocycles. The molecule has 2 unspecified atom stereocenters. The summed E-state index contributed by atoms with van der Waals surface area (Å²) >= 11 is 0. The number of carbonyl (C=O) groups is 2. The molecule has 1 aliphatic heterocycles. The molecule has 6 heteroatoms. The predicted molar refractivity (Wildman–Crippen MR) is 126 cm³/mol. The summed E-state index contributed by atoms with van der Waals surface area (Å²) < 4.78 is 11.0. The van der Waals surface area contributed by atoms with Crippen LogP contribution in [-0.2, 0) is 15.9 Å². The van der Waals surface area contributed by atoms with Crippen molar-refractivity contribution in [3.63, 3.8) is 0 Å². The standard InChI is InChI=1S/C26H37NO5/c1-4-6-7-8-9-10-11-17-32-22-15-16-27(26(29)30)24(19-22)23-14-13-21(25(28)31-3)18-20(23)12-5-2/h4-5,13-14,18,22,24H,1-2,6-12,15-17,19H2,3H3,(H,29,30). The summed E-state index contributed by atoms with van der Waals surface area (Å²) in [7, 11) is 1.35. The minimum absolute atomic E-state index is 0.0215. The van der Waals surface area contributed by atoms with E-state index in [1.165, 1.54) is 31.3 Å². The van der Waals surface area contributed by atoms with Crippen LogP contribution in [-0.4, -0.2) is 48.4 Å². The highest BCUT2D eigenvalue weighted by atomic mass is 16.5. The van der Waals surface area contributed by atoms with E-state index in [1.807, 2.05) is 12.1 Å². The molecule has 1 aromatic carbocycles. The second kappa shape index (κ2) is 13.7. The molecule has 1 aliphatic rings. The van der Waals surface area contributed by atoms with E-state index in [-0.39, 0.29) is 12.1 Å². The van der Waals surface area contributed by atoms with Crippen LogP contribution in [0, 0.1) is 0 Å². The zero-order chi connectivity index (χ0) is 23.3. The molecule has 0 radical (unpaired) electrons. The van der Waals surface area contributed by atoms with Crippen LogP contribution in [0.3, 0.4) is 0 Å². The zero-order valence-corrected chi connectivity index (χ0v) is 19.3. The highest BCUT2D eigenvalue weighted by Crippen LogP contribution is 2.35. The van der Waals surface area contributed by atoms with Gasteiger partial charge in [0.2, 0.25) is 0 Å². The number of esters is 1. The molecule has 176 valence electrons. The van der Waals surface area contributed by atoms with E-state index < -0.39 is 12.1 Å². The third kappa shape index (κ3) is 7.52. The maximum absolute atomic E-state index is 12.0. The Morgan fingerprint density at radius 1 is 1.16 bits per heavy atom. The first-order valence-corrected chi connectivity index (χ1v) is 11.6. The molecule has 1 N–H and O–H groups in total. The number of unbranched alkanes of at least 4 members (excludes halogenated alkanes) is 5. The maximum Gasteiger partial charge on any atom is 0.407 e. The smallest absolute Gasteiger partial charge is 0.407 e. The van der Waals surface area contributed by atoms with E-state index in [0.717, 1.165) is 30.4 Å². The predicted octanol–water partition coefficient (Wildman–Crippen LogP) is 5.93.